The third-order valence-electron chi connectivity index (χ3n) is 7.10. The Bertz CT molecular complexity index is 745. The number of benzene rings is 1. The lowest BCUT2D eigenvalue weighted by molar-refractivity contribution is -0.125. The van der Waals surface area contributed by atoms with Crippen LogP contribution < -0.4 is 15.4 Å². The van der Waals surface area contributed by atoms with Crippen LogP contribution in [-0.4, -0.2) is 51.6 Å². The van der Waals surface area contributed by atoms with Gasteiger partial charge in [0, 0.05) is 43.2 Å². The molecule has 3 unspecified atom stereocenters. The van der Waals surface area contributed by atoms with Gasteiger partial charge in [0.2, 0.25) is 0 Å². The van der Waals surface area contributed by atoms with E-state index in [0.29, 0.717) is 43.2 Å². The van der Waals surface area contributed by atoms with Crippen LogP contribution in [0.1, 0.15) is 50.2 Å². The zero-order chi connectivity index (χ0) is 21.0. The molecule has 1 spiro atoms. The molecule has 0 amide bonds. The van der Waals surface area contributed by atoms with Gasteiger partial charge in [-0.05, 0) is 44.7 Å². The van der Waals surface area contributed by atoms with Gasteiger partial charge in [0.05, 0.1) is 19.3 Å². The van der Waals surface area contributed by atoms with Gasteiger partial charge in [-0.2, -0.15) is 0 Å². The topological polar surface area (TPSA) is 64.1 Å². The summed E-state index contributed by atoms with van der Waals surface area (Å²) in [5.41, 5.74) is 2.60. The highest BCUT2D eigenvalue weighted by molar-refractivity contribution is 5.80. The van der Waals surface area contributed by atoms with E-state index in [1.54, 1.807) is 7.11 Å². The summed E-state index contributed by atoms with van der Waals surface area (Å²) in [5, 5.41) is 7.27. The van der Waals surface area contributed by atoms with Crippen LogP contribution in [0.15, 0.2) is 23.2 Å². The van der Waals surface area contributed by atoms with Crippen molar-refractivity contribution in [3.8, 4) is 5.75 Å². The SMILES string of the molecule is CCNC(=NCc1ccc(C)cc1OCCOC)NC1C2CCOC2C12CCCC2. The Hall–Kier alpha value is -1.79. The zero-order valence-corrected chi connectivity index (χ0v) is 18.7. The van der Waals surface area contributed by atoms with Crippen molar-refractivity contribution in [3.63, 3.8) is 0 Å². The zero-order valence-electron chi connectivity index (χ0n) is 18.7. The largest absolute Gasteiger partial charge is 0.491 e. The molecule has 3 fully saturated rings. The minimum Gasteiger partial charge on any atom is -0.491 e. The highest BCUT2D eigenvalue weighted by Crippen LogP contribution is 2.60. The summed E-state index contributed by atoms with van der Waals surface area (Å²) in [7, 11) is 1.69. The van der Waals surface area contributed by atoms with Crippen LogP contribution >= 0.6 is 0 Å². The predicted octanol–water partition coefficient (Wildman–Crippen LogP) is 3.42. The number of hydrogen-bond donors (Lipinski definition) is 2. The van der Waals surface area contributed by atoms with Crippen LogP contribution in [0, 0.1) is 18.3 Å². The number of nitrogens with one attached hydrogen (secondary N) is 2. The van der Waals surface area contributed by atoms with E-state index in [1.165, 1.54) is 37.7 Å². The van der Waals surface area contributed by atoms with E-state index in [0.717, 1.165) is 30.4 Å². The molecular formula is C24H37N3O3. The Labute approximate surface area is 180 Å². The summed E-state index contributed by atoms with van der Waals surface area (Å²) < 4.78 is 17.2. The maximum atomic E-state index is 6.14. The lowest BCUT2D eigenvalue weighted by Crippen LogP contribution is -2.69. The fraction of sp³-hybridized carbons (Fsp3) is 0.708. The van der Waals surface area contributed by atoms with Gasteiger partial charge in [0.1, 0.15) is 12.4 Å². The summed E-state index contributed by atoms with van der Waals surface area (Å²) >= 11 is 0. The van der Waals surface area contributed by atoms with Crippen molar-refractivity contribution >= 4 is 5.96 Å². The molecule has 3 aliphatic rings. The average Bonchev–Trinajstić information content (AvgIpc) is 3.40. The highest BCUT2D eigenvalue weighted by atomic mass is 16.5. The number of aliphatic imine (C=N–C) groups is 1. The van der Waals surface area contributed by atoms with Gasteiger partial charge in [-0.25, -0.2) is 4.99 Å². The van der Waals surface area contributed by atoms with Crippen molar-refractivity contribution in [1.82, 2.24) is 10.6 Å². The molecule has 1 aliphatic heterocycles. The molecule has 6 heteroatoms. The van der Waals surface area contributed by atoms with Gasteiger partial charge in [0.25, 0.3) is 0 Å². The van der Waals surface area contributed by atoms with Gasteiger partial charge in [-0.1, -0.05) is 25.0 Å². The van der Waals surface area contributed by atoms with Crippen LogP contribution in [-0.2, 0) is 16.0 Å². The van der Waals surface area contributed by atoms with Crippen LogP contribution in [0.5, 0.6) is 5.75 Å². The van der Waals surface area contributed by atoms with Gasteiger partial charge in [0.15, 0.2) is 5.96 Å². The Kier molecular flexibility index (Phi) is 6.84. The molecule has 166 valence electrons. The summed E-state index contributed by atoms with van der Waals surface area (Å²) in [6.45, 7) is 7.67. The molecule has 4 rings (SSSR count). The van der Waals surface area contributed by atoms with E-state index < -0.39 is 0 Å². The maximum Gasteiger partial charge on any atom is 0.191 e. The molecule has 2 saturated carbocycles. The van der Waals surface area contributed by atoms with E-state index in [-0.39, 0.29) is 0 Å². The quantitative estimate of drug-likeness (QED) is 0.387. The number of ether oxygens (including phenoxy) is 3. The third-order valence-corrected chi connectivity index (χ3v) is 7.10. The van der Waals surface area contributed by atoms with Crippen LogP contribution in [0.4, 0.5) is 0 Å². The van der Waals surface area contributed by atoms with Crippen LogP contribution in [0.2, 0.25) is 0 Å². The molecule has 1 aromatic rings. The van der Waals surface area contributed by atoms with Gasteiger partial charge < -0.3 is 24.8 Å². The molecule has 0 bridgehead atoms. The fourth-order valence-electron chi connectivity index (χ4n) is 5.70. The number of rotatable bonds is 8. The van der Waals surface area contributed by atoms with Gasteiger partial charge >= 0.3 is 0 Å². The van der Waals surface area contributed by atoms with Crippen molar-refractivity contribution in [2.75, 3.05) is 33.5 Å². The Morgan fingerprint density at radius 2 is 2.10 bits per heavy atom. The molecular weight excluding hydrogens is 378 g/mol. The van der Waals surface area contributed by atoms with Crippen LogP contribution in [0.25, 0.3) is 0 Å². The first-order chi connectivity index (χ1) is 14.7. The molecule has 30 heavy (non-hydrogen) atoms. The lowest BCUT2D eigenvalue weighted by atomic mass is 9.54. The molecule has 2 aliphatic carbocycles. The third kappa shape index (κ3) is 4.17. The minimum absolute atomic E-state index is 0.315. The van der Waals surface area contributed by atoms with Crippen molar-refractivity contribution in [1.29, 1.82) is 0 Å². The second kappa shape index (κ2) is 9.56. The second-order valence-corrected chi connectivity index (χ2v) is 8.95. The molecule has 0 aromatic heterocycles. The normalized spacial score (nSPS) is 27.0. The highest BCUT2D eigenvalue weighted by Gasteiger charge is 2.65. The maximum absolute atomic E-state index is 6.14. The van der Waals surface area contributed by atoms with Crippen molar-refractivity contribution in [2.24, 2.45) is 16.3 Å². The Morgan fingerprint density at radius 1 is 1.27 bits per heavy atom. The average molecular weight is 416 g/mol. The number of hydrogen-bond acceptors (Lipinski definition) is 4. The summed E-state index contributed by atoms with van der Waals surface area (Å²) in [5.74, 6) is 2.42. The predicted molar refractivity (Wildman–Crippen MR) is 119 cm³/mol. The standard InChI is InChI=1S/C24H37N3O3/c1-4-25-23(26-16-18-8-7-17(2)15-20(18)29-14-13-28-3)27-21-19-9-12-30-22(19)24(21)10-5-6-11-24/h7-8,15,19,21-22H,4-6,9-14,16H2,1-3H3,(H2,25,26,27). The van der Waals surface area contributed by atoms with E-state index in [4.69, 9.17) is 19.2 Å². The van der Waals surface area contributed by atoms with E-state index in [2.05, 4.69) is 42.7 Å². The fourth-order valence-corrected chi connectivity index (χ4v) is 5.70. The first-order valence-corrected chi connectivity index (χ1v) is 11.6. The summed E-state index contributed by atoms with van der Waals surface area (Å²) in [6.07, 6.45) is 6.83. The Balaban J connectivity index is 1.47. The minimum atomic E-state index is 0.315. The first-order valence-electron chi connectivity index (χ1n) is 11.6. The van der Waals surface area contributed by atoms with E-state index in [1.807, 2.05) is 0 Å². The van der Waals surface area contributed by atoms with E-state index >= 15 is 0 Å². The molecule has 1 aromatic carbocycles. The monoisotopic (exact) mass is 415 g/mol. The number of guanidine groups is 1. The number of methoxy groups -OCH3 is 1. The molecule has 1 heterocycles. The summed E-state index contributed by atoms with van der Waals surface area (Å²) in [4.78, 5) is 4.94. The second-order valence-electron chi connectivity index (χ2n) is 8.95. The van der Waals surface area contributed by atoms with Crippen LogP contribution in [0.3, 0.4) is 0 Å². The van der Waals surface area contributed by atoms with E-state index in [9.17, 15) is 0 Å². The van der Waals surface area contributed by atoms with Crippen molar-refractivity contribution in [3.05, 3.63) is 29.3 Å². The van der Waals surface area contributed by atoms with Gasteiger partial charge in [-0.3, -0.25) is 0 Å². The van der Waals surface area contributed by atoms with Crippen molar-refractivity contribution < 1.29 is 14.2 Å². The van der Waals surface area contributed by atoms with Crippen molar-refractivity contribution in [2.45, 2.75) is 64.6 Å². The molecule has 6 nitrogen and oxygen atoms in total. The Morgan fingerprint density at radius 3 is 2.87 bits per heavy atom. The van der Waals surface area contributed by atoms with Gasteiger partial charge in [-0.15, -0.1) is 0 Å². The first kappa shape index (κ1) is 21.4. The number of nitrogens with zero attached hydrogens (tertiary/aromatic N) is 1. The smallest absolute Gasteiger partial charge is 0.191 e. The number of aryl methyl sites for hydroxylation is 1. The molecule has 2 N–H and O–H groups in total. The molecule has 3 atom stereocenters. The number of fused-ring (bicyclic) bond motifs is 2. The lowest BCUT2D eigenvalue weighted by Gasteiger charge is -2.57. The molecule has 1 saturated heterocycles. The molecule has 0 radical (unpaired) electrons. The summed E-state index contributed by atoms with van der Waals surface area (Å²) in [6, 6.07) is 6.79.